The molecule has 0 radical (unpaired) electrons. The lowest BCUT2D eigenvalue weighted by molar-refractivity contribution is 0.0730. The van der Waals surface area contributed by atoms with Crippen molar-refractivity contribution in [2.24, 2.45) is 0 Å². The highest BCUT2D eigenvalue weighted by Gasteiger charge is 2.26. The van der Waals surface area contributed by atoms with Gasteiger partial charge >= 0.3 is 0 Å². The van der Waals surface area contributed by atoms with E-state index in [1.54, 1.807) is 0 Å². The Kier molecular flexibility index (Phi) is 6.78. The first-order valence-corrected chi connectivity index (χ1v) is 10.9. The highest BCUT2D eigenvalue weighted by Crippen LogP contribution is 2.17. The van der Waals surface area contributed by atoms with Crippen LogP contribution in [0.2, 0.25) is 0 Å². The average Bonchev–Trinajstić information content (AvgIpc) is 2.75. The maximum absolute atomic E-state index is 12.6. The van der Waals surface area contributed by atoms with Crippen LogP contribution in [0.25, 0.3) is 0 Å². The number of carbonyl (C=O) groups is 1. The third-order valence-corrected chi connectivity index (χ3v) is 6.57. The van der Waals surface area contributed by atoms with Gasteiger partial charge in [-0.25, -0.2) is 13.4 Å². The smallest absolute Gasteiger partial charge is 0.253 e. The molecule has 10 heteroatoms. The first-order chi connectivity index (χ1) is 13.9. The summed E-state index contributed by atoms with van der Waals surface area (Å²) in [5.74, 6) is -0.341. The molecule has 1 aromatic heterocycles. The lowest BCUT2D eigenvalue weighted by Gasteiger charge is -2.26. The summed E-state index contributed by atoms with van der Waals surface area (Å²) in [6, 6.07) is 7.30. The fraction of sp³-hybridized carbons (Fsp3) is 0.421. The molecule has 156 valence electrons. The Morgan fingerprint density at radius 3 is 2.52 bits per heavy atom. The zero-order valence-electron chi connectivity index (χ0n) is 16.2. The normalized spacial score (nSPS) is 15.2. The Morgan fingerprint density at radius 1 is 1.21 bits per heavy atom. The van der Waals surface area contributed by atoms with E-state index < -0.39 is 10.0 Å². The van der Waals surface area contributed by atoms with Gasteiger partial charge in [0, 0.05) is 43.5 Å². The molecule has 0 saturated carbocycles. The number of ether oxygens (including phenoxy) is 1. The molecule has 0 atom stereocenters. The second-order valence-corrected chi connectivity index (χ2v) is 8.50. The number of benzene rings is 1. The van der Waals surface area contributed by atoms with Crippen molar-refractivity contribution in [3.63, 3.8) is 0 Å². The molecule has 3 rings (SSSR count). The van der Waals surface area contributed by atoms with Gasteiger partial charge in [-0.3, -0.25) is 14.2 Å². The Bertz CT molecular complexity index is 1010. The number of nitrogens with zero attached hydrogens (tertiary/aromatic N) is 3. The van der Waals surface area contributed by atoms with Gasteiger partial charge < -0.3 is 10.1 Å². The number of aryl methyl sites for hydroxylation is 1. The number of amides is 1. The van der Waals surface area contributed by atoms with E-state index >= 15 is 0 Å². The van der Waals surface area contributed by atoms with Gasteiger partial charge in [0.2, 0.25) is 10.0 Å². The monoisotopic (exact) mass is 420 g/mol. The van der Waals surface area contributed by atoms with Crippen molar-refractivity contribution < 1.29 is 17.9 Å². The van der Waals surface area contributed by atoms with E-state index in [1.807, 2.05) is 6.92 Å². The third kappa shape index (κ3) is 5.08. The molecule has 1 saturated heterocycles. The highest BCUT2D eigenvalue weighted by atomic mass is 32.2. The number of sulfonamides is 1. The second-order valence-electron chi connectivity index (χ2n) is 6.56. The minimum atomic E-state index is -3.59. The molecule has 2 heterocycles. The van der Waals surface area contributed by atoms with Crippen molar-refractivity contribution >= 4 is 15.9 Å². The Hall–Kier alpha value is -2.56. The van der Waals surface area contributed by atoms with Crippen LogP contribution in [0.1, 0.15) is 23.0 Å². The predicted octanol–water partition coefficient (Wildman–Crippen LogP) is 0.257. The van der Waals surface area contributed by atoms with Crippen molar-refractivity contribution in [1.29, 1.82) is 0 Å². The molecule has 0 spiro atoms. The van der Waals surface area contributed by atoms with Gasteiger partial charge in [0.1, 0.15) is 0 Å². The van der Waals surface area contributed by atoms with E-state index in [0.29, 0.717) is 44.8 Å². The number of carbonyl (C=O) groups excluding carboxylic acids is 1. The second kappa shape index (κ2) is 9.29. The SMILES string of the molecule is CCc1cc(=O)n(CCNC(=O)c2ccc(S(=O)(=O)N3CCOCC3)cc2)cn1. The molecular formula is C19H24N4O5S. The van der Waals surface area contributed by atoms with Crippen LogP contribution >= 0.6 is 0 Å². The van der Waals surface area contributed by atoms with Crippen LogP contribution in [0, 0.1) is 0 Å². The van der Waals surface area contributed by atoms with Crippen LogP contribution in [0.4, 0.5) is 0 Å². The number of hydrogen-bond acceptors (Lipinski definition) is 6. The van der Waals surface area contributed by atoms with Crippen molar-refractivity contribution in [2.75, 3.05) is 32.8 Å². The summed E-state index contributed by atoms with van der Waals surface area (Å²) >= 11 is 0. The number of rotatable bonds is 7. The van der Waals surface area contributed by atoms with Crippen molar-refractivity contribution in [3.05, 3.63) is 58.3 Å². The highest BCUT2D eigenvalue weighted by molar-refractivity contribution is 7.89. The maximum Gasteiger partial charge on any atom is 0.253 e. The van der Waals surface area contributed by atoms with E-state index in [4.69, 9.17) is 4.74 Å². The summed E-state index contributed by atoms with van der Waals surface area (Å²) in [4.78, 5) is 28.6. The third-order valence-electron chi connectivity index (χ3n) is 4.66. The van der Waals surface area contributed by atoms with Crippen LogP contribution in [0.15, 0.2) is 46.3 Å². The molecule has 9 nitrogen and oxygen atoms in total. The summed E-state index contributed by atoms with van der Waals surface area (Å²) in [6.07, 6.45) is 2.16. The largest absolute Gasteiger partial charge is 0.379 e. The molecule has 1 fully saturated rings. The van der Waals surface area contributed by atoms with Gasteiger partial charge in [0.05, 0.1) is 24.4 Å². The molecule has 1 N–H and O–H groups in total. The summed E-state index contributed by atoms with van der Waals surface area (Å²) in [5, 5.41) is 2.72. The Labute approximate surface area is 169 Å². The van der Waals surface area contributed by atoms with Crippen molar-refractivity contribution in [2.45, 2.75) is 24.8 Å². The summed E-state index contributed by atoms with van der Waals surface area (Å²) < 4.78 is 33.2. The molecule has 1 amide bonds. The maximum atomic E-state index is 12.6. The lowest BCUT2D eigenvalue weighted by atomic mass is 10.2. The fourth-order valence-electron chi connectivity index (χ4n) is 2.93. The minimum absolute atomic E-state index is 0.143. The van der Waals surface area contributed by atoms with Gasteiger partial charge in [0.25, 0.3) is 11.5 Å². The van der Waals surface area contributed by atoms with Crippen LogP contribution in [0.3, 0.4) is 0 Å². The number of nitrogens with one attached hydrogen (secondary N) is 1. The van der Waals surface area contributed by atoms with Crippen LogP contribution in [-0.2, 0) is 27.7 Å². The van der Waals surface area contributed by atoms with Crippen LogP contribution in [0.5, 0.6) is 0 Å². The zero-order chi connectivity index (χ0) is 20.9. The van der Waals surface area contributed by atoms with E-state index in [2.05, 4.69) is 10.3 Å². The first-order valence-electron chi connectivity index (χ1n) is 9.43. The minimum Gasteiger partial charge on any atom is -0.379 e. The van der Waals surface area contributed by atoms with Gasteiger partial charge in [-0.1, -0.05) is 6.92 Å². The van der Waals surface area contributed by atoms with E-state index in [9.17, 15) is 18.0 Å². The van der Waals surface area contributed by atoms with Crippen molar-refractivity contribution in [1.82, 2.24) is 19.2 Å². The van der Waals surface area contributed by atoms with E-state index in [-0.39, 0.29) is 22.9 Å². The molecule has 1 aliphatic rings. The molecule has 0 unspecified atom stereocenters. The van der Waals surface area contributed by atoms with Crippen LogP contribution in [-0.4, -0.2) is 61.0 Å². The summed E-state index contributed by atoms with van der Waals surface area (Å²) in [5.41, 5.74) is 0.906. The standard InChI is InChI=1S/C19H24N4O5S/c1-2-16-13-18(24)22(14-21-16)8-7-20-19(25)15-3-5-17(6-4-15)29(26,27)23-9-11-28-12-10-23/h3-6,13-14H,2,7-12H2,1H3,(H,20,25). The molecule has 0 aliphatic carbocycles. The number of hydrogen-bond donors (Lipinski definition) is 1. The number of morpholine rings is 1. The number of aromatic nitrogens is 2. The summed E-state index contributed by atoms with van der Waals surface area (Å²) in [6.45, 7) is 3.85. The fourth-order valence-corrected chi connectivity index (χ4v) is 4.34. The molecule has 1 aliphatic heterocycles. The molecular weight excluding hydrogens is 396 g/mol. The van der Waals surface area contributed by atoms with Gasteiger partial charge in [-0.15, -0.1) is 0 Å². The zero-order valence-corrected chi connectivity index (χ0v) is 17.0. The predicted molar refractivity (Wildman–Crippen MR) is 106 cm³/mol. The lowest BCUT2D eigenvalue weighted by Crippen LogP contribution is -2.40. The topological polar surface area (TPSA) is 111 Å². The Balaban J connectivity index is 1.58. The molecule has 2 aromatic rings. The summed E-state index contributed by atoms with van der Waals surface area (Å²) in [7, 11) is -3.59. The van der Waals surface area contributed by atoms with E-state index in [1.165, 1.54) is 45.5 Å². The van der Waals surface area contributed by atoms with Gasteiger partial charge in [-0.2, -0.15) is 4.31 Å². The molecule has 29 heavy (non-hydrogen) atoms. The van der Waals surface area contributed by atoms with E-state index in [0.717, 1.165) is 5.69 Å². The average molecular weight is 420 g/mol. The van der Waals surface area contributed by atoms with Gasteiger partial charge in [-0.05, 0) is 30.7 Å². The van der Waals surface area contributed by atoms with Crippen molar-refractivity contribution in [3.8, 4) is 0 Å². The molecule has 0 bridgehead atoms. The molecule has 1 aromatic carbocycles. The van der Waals surface area contributed by atoms with Crippen LogP contribution < -0.4 is 10.9 Å². The quantitative estimate of drug-likeness (QED) is 0.688. The first kappa shape index (κ1) is 21.2. The van der Waals surface area contributed by atoms with Gasteiger partial charge in [0.15, 0.2) is 0 Å². The Morgan fingerprint density at radius 2 is 1.90 bits per heavy atom.